The third-order valence-corrected chi connectivity index (χ3v) is 3.28. The summed E-state index contributed by atoms with van der Waals surface area (Å²) in [5.41, 5.74) is 4.31. The van der Waals surface area contributed by atoms with Crippen LogP contribution in [0.25, 0.3) is 0 Å². The van der Waals surface area contributed by atoms with Gasteiger partial charge in [0.05, 0.1) is 0 Å². The maximum absolute atomic E-state index is 4.43. The maximum Gasteiger partial charge on any atom is 0.0360 e. The van der Waals surface area contributed by atoms with Gasteiger partial charge in [-0.1, -0.05) is 37.1 Å². The van der Waals surface area contributed by atoms with Gasteiger partial charge in [-0.25, -0.2) is 0 Å². The molecule has 0 aromatic rings. The maximum atomic E-state index is 4.43. The predicted molar refractivity (Wildman–Crippen MR) is 89.1 cm³/mol. The monoisotopic (exact) mass is 263 g/mol. The molecular formula is C18H33N. The van der Waals surface area contributed by atoms with E-state index in [1.807, 2.05) is 0 Å². The summed E-state index contributed by atoms with van der Waals surface area (Å²) in [5.74, 6) is 0.771. The summed E-state index contributed by atoms with van der Waals surface area (Å²) in [6.07, 6.45) is 10.6. The normalized spacial score (nSPS) is 14.4. The minimum Gasteiger partial charge on any atom is -0.295 e. The lowest BCUT2D eigenvalue weighted by atomic mass is 10.0. The first-order valence-electron chi connectivity index (χ1n) is 7.76. The molecule has 19 heavy (non-hydrogen) atoms. The van der Waals surface area contributed by atoms with E-state index in [4.69, 9.17) is 0 Å². The average Bonchev–Trinajstić information content (AvgIpc) is 2.34. The van der Waals surface area contributed by atoms with Crippen LogP contribution in [0.15, 0.2) is 28.3 Å². The molecule has 0 aromatic heterocycles. The van der Waals surface area contributed by atoms with Gasteiger partial charge in [-0.2, -0.15) is 0 Å². The zero-order valence-electron chi connectivity index (χ0n) is 13.9. The molecule has 110 valence electrons. The lowest BCUT2D eigenvalue weighted by Crippen LogP contribution is -1.93. The topological polar surface area (TPSA) is 12.4 Å². The van der Waals surface area contributed by atoms with Crippen LogP contribution < -0.4 is 0 Å². The Morgan fingerprint density at radius 1 is 0.947 bits per heavy atom. The van der Waals surface area contributed by atoms with Crippen molar-refractivity contribution in [2.45, 2.75) is 73.6 Å². The summed E-state index contributed by atoms with van der Waals surface area (Å²) in [5, 5.41) is 0. The lowest BCUT2D eigenvalue weighted by molar-refractivity contribution is 0.659. The summed E-state index contributed by atoms with van der Waals surface area (Å²) in [6.45, 7) is 14.2. The molecule has 0 bridgehead atoms. The van der Waals surface area contributed by atoms with Crippen LogP contribution in [0.2, 0.25) is 0 Å². The van der Waals surface area contributed by atoms with Crippen molar-refractivity contribution in [1.29, 1.82) is 0 Å². The number of rotatable bonds is 9. The lowest BCUT2D eigenvalue weighted by Gasteiger charge is -2.04. The van der Waals surface area contributed by atoms with E-state index in [0.29, 0.717) is 0 Å². The third kappa shape index (κ3) is 11.9. The Labute approximate surface area is 120 Å². The number of aliphatic imine (C=N–C) groups is 1. The van der Waals surface area contributed by atoms with E-state index in [2.05, 4.69) is 58.7 Å². The van der Waals surface area contributed by atoms with E-state index in [-0.39, 0.29) is 0 Å². The van der Waals surface area contributed by atoms with E-state index in [1.54, 1.807) is 0 Å². The van der Waals surface area contributed by atoms with Gasteiger partial charge in [-0.3, -0.25) is 4.99 Å². The molecular weight excluding hydrogens is 230 g/mol. The highest BCUT2D eigenvalue weighted by Crippen LogP contribution is 2.12. The first-order chi connectivity index (χ1) is 8.95. The van der Waals surface area contributed by atoms with Crippen molar-refractivity contribution in [3.63, 3.8) is 0 Å². The molecule has 0 spiro atoms. The van der Waals surface area contributed by atoms with Crippen LogP contribution in [-0.4, -0.2) is 12.3 Å². The van der Waals surface area contributed by atoms with Gasteiger partial charge in [-0.15, -0.1) is 0 Å². The summed E-state index contributed by atoms with van der Waals surface area (Å²) in [7, 11) is 0. The van der Waals surface area contributed by atoms with E-state index in [0.717, 1.165) is 25.3 Å². The Morgan fingerprint density at radius 2 is 1.58 bits per heavy atom. The van der Waals surface area contributed by atoms with Crippen molar-refractivity contribution in [1.82, 2.24) is 0 Å². The van der Waals surface area contributed by atoms with Crippen molar-refractivity contribution in [2.75, 3.05) is 6.54 Å². The molecule has 1 heteroatoms. The first-order valence-corrected chi connectivity index (χ1v) is 7.76. The summed E-state index contributed by atoms with van der Waals surface area (Å²) in [4.78, 5) is 4.43. The second-order valence-corrected chi connectivity index (χ2v) is 5.98. The minimum atomic E-state index is 0.771. The molecule has 0 heterocycles. The van der Waals surface area contributed by atoms with Crippen LogP contribution in [0, 0.1) is 5.92 Å². The molecule has 0 unspecified atom stereocenters. The van der Waals surface area contributed by atoms with Crippen LogP contribution >= 0.6 is 0 Å². The second-order valence-electron chi connectivity index (χ2n) is 5.98. The van der Waals surface area contributed by atoms with Crippen molar-refractivity contribution >= 4 is 5.71 Å². The van der Waals surface area contributed by atoms with Crippen LogP contribution in [-0.2, 0) is 0 Å². The van der Waals surface area contributed by atoms with Gasteiger partial charge in [0.1, 0.15) is 0 Å². The molecule has 0 amide bonds. The van der Waals surface area contributed by atoms with Crippen LogP contribution in [0.3, 0.4) is 0 Å². The SMILES string of the molecule is CC/N=C(\C)CC/C(C)=C/CC/C(C)=C/CC(C)C. The molecule has 1 nitrogen and oxygen atoms in total. The largest absolute Gasteiger partial charge is 0.295 e. The molecule has 0 aromatic carbocycles. The van der Waals surface area contributed by atoms with E-state index < -0.39 is 0 Å². The Hall–Kier alpha value is -0.850. The molecule has 0 N–H and O–H groups in total. The standard InChI is InChI=1S/C18H33N/c1-7-19-18(6)14-13-17(5)10-8-9-16(4)12-11-15(2)3/h10,12,15H,7-9,11,13-14H2,1-6H3/b16-12+,17-10+,19-18+. The highest BCUT2D eigenvalue weighted by Gasteiger charge is 1.95. The summed E-state index contributed by atoms with van der Waals surface area (Å²) in [6, 6.07) is 0. The van der Waals surface area contributed by atoms with Gasteiger partial charge < -0.3 is 0 Å². The predicted octanol–water partition coefficient (Wildman–Crippen LogP) is 5.97. The zero-order valence-corrected chi connectivity index (χ0v) is 13.9. The smallest absolute Gasteiger partial charge is 0.0360 e. The zero-order chi connectivity index (χ0) is 14.7. The van der Waals surface area contributed by atoms with Crippen LogP contribution in [0.1, 0.15) is 73.6 Å². The summed E-state index contributed by atoms with van der Waals surface area (Å²) < 4.78 is 0. The van der Waals surface area contributed by atoms with Gasteiger partial charge >= 0.3 is 0 Å². The Bertz CT molecular complexity index is 319. The molecule has 0 atom stereocenters. The second kappa shape index (κ2) is 11.0. The first kappa shape index (κ1) is 18.1. The molecule has 0 saturated carbocycles. The van der Waals surface area contributed by atoms with Crippen molar-refractivity contribution < 1.29 is 0 Å². The van der Waals surface area contributed by atoms with Gasteiger partial charge in [0.25, 0.3) is 0 Å². The number of hydrogen-bond acceptors (Lipinski definition) is 1. The molecule has 0 radical (unpaired) electrons. The van der Waals surface area contributed by atoms with E-state index in [1.165, 1.54) is 36.1 Å². The average molecular weight is 263 g/mol. The Balaban J connectivity index is 3.93. The van der Waals surface area contributed by atoms with Crippen molar-refractivity contribution in [2.24, 2.45) is 10.9 Å². The molecule has 0 fully saturated rings. The van der Waals surface area contributed by atoms with Gasteiger partial charge in [-0.05, 0) is 65.7 Å². The summed E-state index contributed by atoms with van der Waals surface area (Å²) >= 11 is 0. The van der Waals surface area contributed by atoms with E-state index >= 15 is 0 Å². The highest BCUT2D eigenvalue weighted by molar-refractivity contribution is 5.82. The number of allylic oxidation sites excluding steroid dienone is 4. The van der Waals surface area contributed by atoms with Crippen LogP contribution in [0.5, 0.6) is 0 Å². The van der Waals surface area contributed by atoms with Crippen molar-refractivity contribution in [3.8, 4) is 0 Å². The number of nitrogens with zero attached hydrogens (tertiary/aromatic N) is 1. The highest BCUT2D eigenvalue weighted by atomic mass is 14.7. The fourth-order valence-corrected chi connectivity index (χ4v) is 1.91. The van der Waals surface area contributed by atoms with Crippen molar-refractivity contribution in [3.05, 3.63) is 23.3 Å². The molecule has 0 saturated heterocycles. The van der Waals surface area contributed by atoms with E-state index in [9.17, 15) is 0 Å². The Kier molecular flexibility index (Phi) is 10.5. The molecule has 0 rings (SSSR count). The van der Waals surface area contributed by atoms with Gasteiger partial charge in [0.15, 0.2) is 0 Å². The minimum absolute atomic E-state index is 0.771. The fourth-order valence-electron chi connectivity index (χ4n) is 1.91. The third-order valence-electron chi connectivity index (χ3n) is 3.28. The molecule has 0 aliphatic carbocycles. The molecule has 0 aliphatic rings. The Morgan fingerprint density at radius 3 is 2.16 bits per heavy atom. The quantitative estimate of drug-likeness (QED) is 0.359. The van der Waals surface area contributed by atoms with Gasteiger partial charge in [0.2, 0.25) is 0 Å². The van der Waals surface area contributed by atoms with Crippen LogP contribution in [0.4, 0.5) is 0 Å². The molecule has 0 aliphatic heterocycles. The van der Waals surface area contributed by atoms with Gasteiger partial charge in [0, 0.05) is 12.3 Å². The number of hydrogen-bond donors (Lipinski definition) is 0. The fraction of sp³-hybridized carbons (Fsp3) is 0.722.